The van der Waals surface area contributed by atoms with Crippen LogP contribution < -0.4 is 4.72 Å². The van der Waals surface area contributed by atoms with Gasteiger partial charge in [0.2, 0.25) is 5.95 Å². The highest BCUT2D eigenvalue weighted by atomic mass is 32.2. The zero-order valence-corrected chi connectivity index (χ0v) is 13.0. The Morgan fingerprint density at radius 1 is 1.24 bits per heavy atom. The second-order valence-electron chi connectivity index (χ2n) is 5.97. The van der Waals surface area contributed by atoms with E-state index in [1.807, 2.05) is 24.3 Å². The zero-order valence-electron chi connectivity index (χ0n) is 12.2. The first-order valence-electron chi connectivity index (χ1n) is 7.16. The third-order valence-electron chi connectivity index (χ3n) is 3.79. The summed E-state index contributed by atoms with van der Waals surface area (Å²) in [5, 5.41) is 0. The Morgan fingerprint density at radius 2 is 1.90 bits per heavy atom. The van der Waals surface area contributed by atoms with Crippen molar-refractivity contribution in [3.05, 3.63) is 24.3 Å². The van der Waals surface area contributed by atoms with Gasteiger partial charge in [-0.2, -0.15) is 12.7 Å². The average Bonchev–Trinajstić information content (AvgIpc) is 2.78. The number of hydrogen-bond acceptors (Lipinski definition) is 3. The molecule has 1 aliphatic heterocycles. The van der Waals surface area contributed by atoms with Gasteiger partial charge in [-0.3, -0.25) is 0 Å². The van der Waals surface area contributed by atoms with Crippen molar-refractivity contribution < 1.29 is 8.42 Å². The summed E-state index contributed by atoms with van der Waals surface area (Å²) in [7, 11) is -3.56. The summed E-state index contributed by atoms with van der Waals surface area (Å²) in [5.41, 5.74) is 1.56. The smallest absolute Gasteiger partial charge is 0.303 e. The minimum Gasteiger partial charge on any atom is -0.323 e. The second kappa shape index (κ2) is 5.31. The Labute approximate surface area is 124 Å². The first-order chi connectivity index (χ1) is 9.94. The van der Waals surface area contributed by atoms with Crippen LogP contribution in [0.25, 0.3) is 11.0 Å². The maximum atomic E-state index is 12.5. The van der Waals surface area contributed by atoms with Crippen molar-refractivity contribution in [3.8, 4) is 0 Å². The third kappa shape index (κ3) is 3.03. The Morgan fingerprint density at radius 3 is 2.57 bits per heavy atom. The van der Waals surface area contributed by atoms with E-state index in [0.29, 0.717) is 24.9 Å². The van der Waals surface area contributed by atoms with E-state index in [4.69, 9.17) is 0 Å². The molecule has 0 radical (unpaired) electrons. The predicted molar refractivity (Wildman–Crippen MR) is 83.2 cm³/mol. The molecule has 3 rings (SSSR count). The molecular weight excluding hydrogens is 288 g/mol. The van der Waals surface area contributed by atoms with Crippen LogP contribution in [0.5, 0.6) is 0 Å². The molecule has 1 fully saturated rings. The molecule has 0 spiro atoms. The van der Waals surface area contributed by atoms with E-state index in [-0.39, 0.29) is 5.95 Å². The van der Waals surface area contributed by atoms with E-state index in [2.05, 4.69) is 28.5 Å². The van der Waals surface area contributed by atoms with Crippen LogP contribution >= 0.6 is 0 Å². The summed E-state index contributed by atoms with van der Waals surface area (Å²) in [4.78, 5) is 7.24. The van der Waals surface area contributed by atoms with Gasteiger partial charge >= 0.3 is 10.2 Å². The summed E-state index contributed by atoms with van der Waals surface area (Å²) < 4.78 is 29.0. The Balaban J connectivity index is 1.82. The van der Waals surface area contributed by atoms with E-state index < -0.39 is 10.2 Å². The number of imidazole rings is 1. The highest BCUT2D eigenvalue weighted by Gasteiger charge is 2.30. The Hall–Kier alpha value is -1.60. The van der Waals surface area contributed by atoms with Crippen LogP contribution in [0.1, 0.15) is 20.3 Å². The number of aromatic amines is 1. The highest BCUT2D eigenvalue weighted by Crippen LogP contribution is 2.24. The van der Waals surface area contributed by atoms with Gasteiger partial charge in [-0.1, -0.05) is 26.0 Å². The summed E-state index contributed by atoms with van der Waals surface area (Å²) in [5.74, 6) is 1.02. The van der Waals surface area contributed by atoms with Crippen molar-refractivity contribution in [2.75, 3.05) is 17.8 Å². The van der Waals surface area contributed by atoms with E-state index >= 15 is 0 Å². The molecular formula is C14H20N4O2S. The minimum absolute atomic E-state index is 0.266. The minimum atomic E-state index is -3.56. The van der Waals surface area contributed by atoms with Crippen molar-refractivity contribution in [3.63, 3.8) is 0 Å². The van der Waals surface area contributed by atoms with E-state index in [0.717, 1.165) is 17.5 Å². The number of nitrogens with one attached hydrogen (secondary N) is 2. The molecule has 2 unspecified atom stereocenters. The first-order valence-corrected chi connectivity index (χ1v) is 8.60. The fraction of sp³-hybridized carbons (Fsp3) is 0.500. The van der Waals surface area contributed by atoms with E-state index in [1.165, 1.54) is 4.31 Å². The van der Waals surface area contributed by atoms with Crippen LogP contribution in [-0.2, 0) is 10.2 Å². The number of hydrogen-bond donors (Lipinski definition) is 2. The molecule has 1 aromatic carbocycles. The largest absolute Gasteiger partial charge is 0.323 e. The molecule has 1 saturated heterocycles. The van der Waals surface area contributed by atoms with Crippen molar-refractivity contribution in [2.45, 2.75) is 20.3 Å². The highest BCUT2D eigenvalue weighted by molar-refractivity contribution is 7.90. The molecule has 2 heterocycles. The zero-order chi connectivity index (χ0) is 15.0. The monoisotopic (exact) mass is 308 g/mol. The predicted octanol–water partition coefficient (Wildman–Crippen LogP) is 2.20. The molecule has 6 nitrogen and oxygen atoms in total. The van der Waals surface area contributed by atoms with Gasteiger partial charge in [-0.05, 0) is 30.4 Å². The van der Waals surface area contributed by atoms with Crippen molar-refractivity contribution >= 4 is 27.2 Å². The normalized spacial score (nSPS) is 24.3. The van der Waals surface area contributed by atoms with Crippen LogP contribution in [0.3, 0.4) is 0 Å². The summed E-state index contributed by atoms with van der Waals surface area (Å²) in [6, 6.07) is 7.46. The van der Waals surface area contributed by atoms with Crippen LogP contribution in [0.4, 0.5) is 5.95 Å². The number of aromatic nitrogens is 2. The molecule has 0 amide bonds. The van der Waals surface area contributed by atoms with Gasteiger partial charge in [0.1, 0.15) is 0 Å². The number of piperidine rings is 1. The third-order valence-corrected chi connectivity index (χ3v) is 5.22. The molecule has 0 bridgehead atoms. The summed E-state index contributed by atoms with van der Waals surface area (Å²) in [6.45, 7) is 5.28. The Bertz CT molecular complexity index is 697. The molecule has 2 N–H and O–H groups in total. The number of benzene rings is 1. The van der Waals surface area contributed by atoms with Crippen molar-refractivity contribution in [2.24, 2.45) is 11.8 Å². The lowest BCUT2D eigenvalue weighted by atomic mass is 9.94. The fourth-order valence-corrected chi connectivity index (χ4v) is 4.36. The maximum absolute atomic E-state index is 12.5. The summed E-state index contributed by atoms with van der Waals surface area (Å²) >= 11 is 0. The number of anilines is 1. The molecule has 0 saturated carbocycles. The maximum Gasteiger partial charge on any atom is 0.303 e. The number of rotatable bonds is 3. The van der Waals surface area contributed by atoms with Crippen LogP contribution in [-0.4, -0.2) is 35.8 Å². The molecule has 0 aliphatic carbocycles. The topological polar surface area (TPSA) is 78.1 Å². The molecule has 7 heteroatoms. The molecule has 1 aliphatic rings. The van der Waals surface area contributed by atoms with Gasteiger partial charge in [0.05, 0.1) is 11.0 Å². The van der Waals surface area contributed by atoms with E-state index in [9.17, 15) is 8.42 Å². The summed E-state index contributed by atoms with van der Waals surface area (Å²) in [6.07, 6.45) is 1.07. The lowest BCUT2D eigenvalue weighted by Crippen LogP contribution is -2.45. The van der Waals surface area contributed by atoms with Gasteiger partial charge in [-0.15, -0.1) is 0 Å². The molecule has 21 heavy (non-hydrogen) atoms. The lowest BCUT2D eigenvalue weighted by molar-refractivity contribution is 0.223. The number of fused-ring (bicyclic) bond motifs is 1. The molecule has 1 aromatic heterocycles. The van der Waals surface area contributed by atoms with Gasteiger partial charge in [-0.25, -0.2) is 9.71 Å². The van der Waals surface area contributed by atoms with Crippen LogP contribution in [0.15, 0.2) is 24.3 Å². The number of para-hydroxylation sites is 2. The van der Waals surface area contributed by atoms with Crippen LogP contribution in [0, 0.1) is 11.8 Å². The number of H-pyrrole nitrogens is 1. The van der Waals surface area contributed by atoms with Crippen molar-refractivity contribution in [1.29, 1.82) is 0 Å². The van der Waals surface area contributed by atoms with Gasteiger partial charge in [0, 0.05) is 13.1 Å². The standard InChI is InChI=1S/C14H20N4O2S/c1-10-7-11(2)9-18(8-10)21(19,20)17-14-15-12-5-3-4-6-13(12)16-14/h3-6,10-11H,7-9H2,1-2H3,(H2,15,16,17). The average molecular weight is 308 g/mol. The van der Waals surface area contributed by atoms with Gasteiger partial charge in [0.25, 0.3) is 0 Å². The second-order valence-corrected chi connectivity index (χ2v) is 7.64. The quantitative estimate of drug-likeness (QED) is 0.912. The van der Waals surface area contributed by atoms with Gasteiger partial charge < -0.3 is 4.98 Å². The SMILES string of the molecule is CC1CC(C)CN(S(=O)(=O)Nc2nc3ccccc3[nH]2)C1. The fourth-order valence-electron chi connectivity index (χ4n) is 2.99. The van der Waals surface area contributed by atoms with Crippen molar-refractivity contribution in [1.82, 2.24) is 14.3 Å². The first kappa shape index (κ1) is 14.3. The lowest BCUT2D eigenvalue weighted by Gasteiger charge is -2.33. The molecule has 2 aromatic rings. The molecule has 2 atom stereocenters. The number of nitrogens with zero attached hydrogens (tertiary/aromatic N) is 2. The van der Waals surface area contributed by atoms with Gasteiger partial charge in [0.15, 0.2) is 0 Å². The Kier molecular flexibility index (Phi) is 3.62. The van der Waals surface area contributed by atoms with Crippen LogP contribution in [0.2, 0.25) is 0 Å². The molecule has 114 valence electrons. The van der Waals surface area contributed by atoms with E-state index in [1.54, 1.807) is 0 Å².